The second-order valence-electron chi connectivity index (χ2n) is 6.10. The van der Waals surface area contributed by atoms with E-state index in [1.54, 1.807) is 18.2 Å². The average molecular weight is 382 g/mol. The molecule has 2 heterocycles. The molecule has 1 aromatic heterocycles. The molecule has 25 heavy (non-hydrogen) atoms. The number of hydrogen-bond acceptors (Lipinski definition) is 6. The van der Waals surface area contributed by atoms with Crippen LogP contribution in [-0.4, -0.2) is 28.0 Å². The van der Waals surface area contributed by atoms with Gasteiger partial charge in [0.25, 0.3) is 0 Å². The van der Waals surface area contributed by atoms with Crippen molar-refractivity contribution < 1.29 is 4.92 Å². The summed E-state index contributed by atoms with van der Waals surface area (Å²) < 4.78 is 0. The van der Waals surface area contributed by atoms with Crippen molar-refractivity contribution in [1.29, 1.82) is 0 Å². The molecule has 1 unspecified atom stereocenters. The van der Waals surface area contributed by atoms with Crippen LogP contribution in [0.15, 0.2) is 24.5 Å². The third kappa shape index (κ3) is 3.93. The zero-order valence-corrected chi connectivity index (χ0v) is 15.1. The predicted molar refractivity (Wildman–Crippen MR) is 99.0 cm³/mol. The molecule has 1 fully saturated rings. The van der Waals surface area contributed by atoms with Gasteiger partial charge in [-0.25, -0.2) is 9.97 Å². The summed E-state index contributed by atoms with van der Waals surface area (Å²) >= 11 is 11.9. The van der Waals surface area contributed by atoms with E-state index in [1.807, 2.05) is 4.90 Å². The van der Waals surface area contributed by atoms with Gasteiger partial charge in [-0.1, -0.05) is 30.1 Å². The van der Waals surface area contributed by atoms with Gasteiger partial charge in [0, 0.05) is 18.8 Å². The molecule has 7 nitrogen and oxygen atoms in total. The molecule has 1 aliphatic heterocycles. The van der Waals surface area contributed by atoms with Gasteiger partial charge < -0.3 is 10.2 Å². The maximum absolute atomic E-state index is 11.7. The molecule has 2 aromatic rings. The highest BCUT2D eigenvalue weighted by molar-refractivity contribution is 6.42. The van der Waals surface area contributed by atoms with Crippen LogP contribution in [0.3, 0.4) is 0 Å². The van der Waals surface area contributed by atoms with E-state index >= 15 is 0 Å². The second kappa shape index (κ2) is 7.41. The highest BCUT2D eigenvalue weighted by atomic mass is 35.5. The minimum atomic E-state index is -0.450. The van der Waals surface area contributed by atoms with Gasteiger partial charge in [-0.2, -0.15) is 0 Å². The van der Waals surface area contributed by atoms with E-state index in [-0.39, 0.29) is 11.5 Å². The standard InChI is InChI=1S/C16H17Cl2N5O2/c1-10-3-2-6-22(8-10)16-14(23(24)25)15(19-9-20-16)21-11-4-5-12(17)13(18)7-11/h4-5,7,9-10H,2-3,6,8H2,1H3,(H,19,20,21). The van der Waals surface area contributed by atoms with Gasteiger partial charge in [0.2, 0.25) is 11.6 Å². The highest BCUT2D eigenvalue weighted by Crippen LogP contribution is 2.36. The summed E-state index contributed by atoms with van der Waals surface area (Å²) in [6.45, 7) is 3.62. The molecule has 0 aliphatic carbocycles. The van der Waals surface area contributed by atoms with Crippen molar-refractivity contribution in [2.45, 2.75) is 19.8 Å². The first kappa shape index (κ1) is 17.7. The Hall–Kier alpha value is -2.12. The van der Waals surface area contributed by atoms with Gasteiger partial charge in [0.05, 0.1) is 15.0 Å². The number of nitrogens with zero attached hydrogens (tertiary/aromatic N) is 4. The molecule has 1 aromatic carbocycles. The van der Waals surface area contributed by atoms with Crippen LogP contribution in [0.4, 0.5) is 23.0 Å². The summed E-state index contributed by atoms with van der Waals surface area (Å²) in [4.78, 5) is 21.4. The Morgan fingerprint density at radius 2 is 2.12 bits per heavy atom. The lowest BCUT2D eigenvalue weighted by molar-refractivity contribution is -0.383. The van der Waals surface area contributed by atoms with Gasteiger partial charge >= 0.3 is 5.69 Å². The first-order chi connectivity index (χ1) is 12.0. The quantitative estimate of drug-likeness (QED) is 0.611. The second-order valence-corrected chi connectivity index (χ2v) is 6.91. The van der Waals surface area contributed by atoms with E-state index in [0.717, 1.165) is 25.9 Å². The maximum Gasteiger partial charge on any atom is 0.353 e. The zero-order valence-electron chi connectivity index (χ0n) is 13.6. The molecule has 0 bridgehead atoms. The van der Waals surface area contributed by atoms with E-state index in [9.17, 15) is 10.1 Å². The Labute approximate surface area is 155 Å². The number of halogens is 2. The summed E-state index contributed by atoms with van der Waals surface area (Å²) in [7, 11) is 0. The summed E-state index contributed by atoms with van der Waals surface area (Å²) in [5, 5.41) is 15.4. The molecule has 0 amide bonds. The van der Waals surface area contributed by atoms with E-state index in [2.05, 4.69) is 22.2 Å². The number of nitro groups is 1. The number of aromatic nitrogens is 2. The zero-order chi connectivity index (χ0) is 18.0. The number of piperidine rings is 1. The summed E-state index contributed by atoms with van der Waals surface area (Å²) in [6, 6.07) is 4.90. The smallest absolute Gasteiger partial charge is 0.350 e. The Bertz CT molecular complexity index is 802. The summed E-state index contributed by atoms with van der Waals surface area (Å²) in [5.41, 5.74) is 0.428. The van der Waals surface area contributed by atoms with Gasteiger partial charge in [0.1, 0.15) is 6.33 Å². The lowest BCUT2D eigenvalue weighted by Crippen LogP contribution is -2.35. The van der Waals surface area contributed by atoms with Crippen molar-refractivity contribution in [3.8, 4) is 0 Å². The van der Waals surface area contributed by atoms with Crippen molar-refractivity contribution in [2.24, 2.45) is 5.92 Å². The molecule has 0 spiro atoms. The molecule has 1 N–H and O–H groups in total. The van der Waals surface area contributed by atoms with Crippen molar-refractivity contribution >= 4 is 46.2 Å². The summed E-state index contributed by atoms with van der Waals surface area (Å²) in [6.07, 6.45) is 3.43. The topological polar surface area (TPSA) is 84.2 Å². The molecular weight excluding hydrogens is 365 g/mol. The number of benzene rings is 1. The predicted octanol–water partition coefficient (Wildman–Crippen LogP) is 4.67. The van der Waals surface area contributed by atoms with E-state index < -0.39 is 4.92 Å². The van der Waals surface area contributed by atoms with Crippen LogP contribution in [0.1, 0.15) is 19.8 Å². The summed E-state index contributed by atoms with van der Waals surface area (Å²) in [5.74, 6) is 0.940. The molecule has 3 rings (SSSR count). The Morgan fingerprint density at radius 1 is 1.32 bits per heavy atom. The minimum absolute atomic E-state index is 0.131. The van der Waals surface area contributed by atoms with Crippen LogP contribution in [0, 0.1) is 16.0 Å². The maximum atomic E-state index is 11.7. The van der Waals surface area contributed by atoms with Gasteiger partial charge in [-0.05, 0) is 37.0 Å². The van der Waals surface area contributed by atoms with Gasteiger partial charge in [-0.15, -0.1) is 0 Å². The van der Waals surface area contributed by atoms with Crippen molar-refractivity contribution in [2.75, 3.05) is 23.3 Å². The number of rotatable bonds is 4. The molecule has 1 saturated heterocycles. The van der Waals surface area contributed by atoms with Crippen LogP contribution in [0.2, 0.25) is 10.0 Å². The first-order valence-electron chi connectivity index (χ1n) is 7.92. The van der Waals surface area contributed by atoms with Crippen LogP contribution in [0.25, 0.3) is 0 Å². The third-order valence-electron chi connectivity index (χ3n) is 4.12. The normalized spacial score (nSPS) is 17.4. The van der Waals surface area contributed by atoms with Crippen molar-refractivity contribution in [3.05, 3.63) is 44.7 Å². The van der Waals surface area contributed by atoms with Crippen LogP contribution >= 0.6 is 23.2 Å². The lowest BCUT2D eigenvalue weighted by Gasteiger charge is -2.31. The van der Waals surface area contributed by atoms with Crippen molar-refractivity contribution in [3.63, 3.8) is 0 Å². The fourth-order valence-electron chi connectivity index (χ4n) is 2.95. The van der Waals surface area contributed by atoms with E-state index in [0.29, 0.717) is 27.5 Å². The molecule has 0 radical (unpaired) electrons. The Morgan fingerprint density at radius 3 is 2.80 bits per heavy atom. The first-order valence-corrected chi connectivity index (χ1v) is 8.67. The molecule has 0 saturated carbocycles. The molecule has 132 valence electrons. The third-order valence-corrected chi connectivity index (χ3v) is 4.86. The van der Waals surface area contributed by atoms with Crippen molar-refractivity contribution in [1.82, 2.24) is 9.97 Å². The molecular formula is C16H17Cl2N5O2. The fourth-order valence-corrected chi connectivity index (χ4v) is 3.25. The number of hydrogen-bond donors (Lipinski definition) is 1. The SMILES string of the molecule is CC1CCCN(c2ncnc(Nc3ccc(Cl)c(Cl)c3)c2[N+](=O)[O-])C1. The van der Waals surface area contributed by atoms with Crippen LogP contribution < -0.4 is 10.2 Å². The monoisotopic (exact) mass is 381 g/mol. The van der Waals surface area contributed by atoms with Gasteiger partial charge in [-0.3, -0.25) is 10.1 Å². The highest BCUT2D eigenvalue weighted by Gasteiger charge is 2.29. The van der Waals surface area contributed by atoms with Crippen LogP contribution in [0.5, 0.6) is 0 Å². The molecule has 1 aliphatic rings. The lowest BCUT2D eigenvalue weighted by atomic mass is 10.0. The van der Waals surface area contributed by atoms with E-state index in [4.69, 9.17) is 23.2 Å². The number of nitrogens with one attached hydrogen (secondary N) is 1. The largest absolute Gasteiger partial charge is 0.353 e. The van der Waals surface area contributed by atoms with Gasteiger partial charge in [0.15, 0.2) is 0 Å². The van der Waals surface area contributed by atoms with E-state index in [1.165, 1.54) is 6.33 Å². The Balaban J connectivity index is 1.97. The molecule has 1 atom stereocenters. The minimum Gasteiger partial charge on any atom is -0.350 e. The van der Waals surface area contributed by atoms with Crippen LogP contribution in [-0.2, 0) is 0 Å². The molecule has 9 heteroatoms. The number of anilines is 3. The Kier molecular flexibility index (Phi) is 5.24. The fraction of sp³-hybridized carbons (Fsp3) is 0.375. The average Bonchev–Trinajstić information content (AvgIpc) is 2.58.